The van der Waals surface area contributed by atoms with Crippen LogP contribution in [-0.2, 0) is 0 Å². The number of aromatic amines is 1. The largest absolute Gasteiger partial charge is 0.505 e. The summed E-state index contributed by atoms with van der Waals surface area (Å²) in [4.78, 5) is 19.1. The molecule has 2 aromatic carbocycles. The Morgan fingerprint density at radius 1 is 1.17 bits per heavy atom. The SMILES string of the molecule is Cc1c(F)c(O)c(-c2ccc(C(C)CN)cc2)c2c1[nH]c(=O)c1c(O)cncc12. The number of aromatic nitrogens is 2. The maximum atomic E-state index is 14.8. The van der Waals surface area contributed by atoms with Crippen molar-refractivity contribution in [3.8, 4) is 22.6 Å². The molecule has 0 saturated heterocycles. The predicted molar refractivity (Wildman–Crippen MR) is 111 cm³/mol. The lowest BCUT2D eigenvalue weighted by molar-refractivity contribution is 0.433. The molecule has 1 atom stereocenters. The zero-order chi connectivity index (χ0) is 20.9. The third kappa shape index (κ3) is 2.82. The second kappa shape index (κ2) is 6.86. The molecule has 0 aliphatic heterocycles. The van der Waals surface area contributed by atoms with E-state index < -0.39 is 17.1 Å². The van der Waals surface area contributed by atoms with Crippen LogP contribution in [0.3, 0.4) is 0 Å². The summed E-state index contributed by atoms with van der Waals surface area (Å²) in [6.07, 6.45) is 2.60. The number of phenols is 1. The average molecular weight is 393 g/mol. The van der Waals surface area contributed by atoms with E-state index in [9.17, 15) is 19.4 Å². The molecule has 0 fully saturated rings. The zero-order valence-electron chi connectivity index (χ0n) is 16.0. The highest BCUT2D eigenvalue weighted by molar-refractivity contribution is 6.15. The lowest BCUT2D eigenvalue weighted by Crippen LogP contribution is -2.09. The van der Waals surface area contributed by atoms with Gasteiger partial charge in [0.05, 0.1) is 17.1 Å². The number of aryl methyl sites for hydroxylation is 1. The standard InChI is InChI=1S/C22H20FN3O3/c1-10(7-24)12-3-5-13(6-4-12)16-18-14-8-25-9-15(27)17(14)22(29)26-20(18)11(2)19(23)21(16)28/h3-6,8-10,27-28H,7,24H2,1-2H3,(H,26,29). The number of pyridine rings is 2. The van der Waals surface area contributed by atoms with Crippen LogP contribution in [0.4, 0.5) is 4.39 Å². The number of rotatable bonds is 3. The van der Waals surface area contributed by atoms with Crippen molar-refractivity contribution in [2.45, 2.75) is 19.8 Å². The molecule has 0 bridgehead atoms. The van der Waals surface area contributed by atoms with Gasteiger partial charge in [-0.1, -0.05) is 31.2 Å². The van der Waals surface area contributed by atoms with E-state index in [4.69, 9.17) is 5.73 Å². The van der Waals surface area contributed by atoms with Gasteiger partial charge in [0.1, 0.15) is 5.75 Å². The van der Waals surface area contributed by atoms with Gasteiger partial charge in [0.25, 0.3) is 5.56 Å². The molecule has 0 aliphatic rings. The van der Waals surface area contributed by atoms with Gasteiger partial charge in [-0.2, -0.15) is 0 Å². The molecular weight excluding hydrogens is 373 g/mol. The van der Waals surface area contributed by atoms with E-state index in [1.165, 1.54) is 19.3 Å². The van der Waals surface area contributed by atoms with Crippen molar-refractivity contribution in [2.24, 2.45) is 5.73 Å². The summed E-state index contributed by atoms with van der Waals surface area (Å²) >= 11 is 0. The number of halogens is 1. The molecule has 0 spiro atoms. The fraction of sp³-hybridized carbons (Fsp3) is 0.182. The number of benzene rings is 2. The summed E-state index contributed by atoms with van der Waals surface area (Å²) in [5.41, 5.74) is 7.34. The molecule has 2 heterocycles. The Morgan fingerprint density at radius 3 is 2.52 bits per heavy atom. The maximum Gasteiger partial charge on any atom is 0.260 e. The van der Waals surface area contributed by atoms with E-state index in [1.54, 1.807) is 12.1 Å². The average Bonchev–Trinajstić information content (AvgIpc) is 2.73. The fourth-order valence-electron chi connectivity index (χ4n) is 3.70. The van der Waals surface area contributed by atoms with Crippen LogP contribution in [0.25, 0.3) is 32.8 Å². The quantitative estimate of drug-likeness (QED) is 0.397. The maximum absolute atomic E-state index is 14.8. The number of fused-ring (bicyclic) bond motifs is 3. The van der Waals surface area contributed by atoms with E-state index in [-0.39, 0.29) is 33.7 Å². The van der Waals surface area contributed by atoms with Crippen LogP contribution in [0, 0.1) is 12.7 Å². The van der Waals surface area contributed by atoms with Crippen LogP contribution in [0.1, 0.15) is 24.0 Å². The van der Waals surface area contributed by atoms with Crippen LogP contribution < -0.4 is 11.3 Å². The molecule has 0 saturated carbocycles. The number of nitrogens with zero attached hydrogens (tertiary/aromatic N) is 1. The van der Waals surface area contributed by atoms with Gasteiger partial charge in [-0.25, -0.2) is 4.39 Å². The second-order valence-corrected chi connectivity index (χ2v) is 7.21. The molecule has 4 aromatic rings. The van der Waals surface area contributed by atoms with Crippen LogP contribution in [0.15, 0.2) is 41.5 Å². The van der Waals surface area contributed by atoms with Crippen molar-refractivity contribution in [2.75, 3.05) is 6.54 Å². The molecule has 5 N–H and O–H groups in total. The lowest BCUT2D eigenvalue weighted by atomic mass is 9.92. The number of hydrogen-bond acceptors (Lipinski definition) is 5. The Morgan fingerprint density at radius 2 is 1.86 bits per heavy atom. The molecule has 0 radical (unpaired) electrons. The van der Waals surface area contributed by atoms with Gasteiger partial charge >= 0.3 is 0 Å². The number of nitrogens with one attached hydrogen (secondary N) is 1. The monoisotopic (exact) mass is 393 g/mol. The molecular formula is C22H20FN3O3. The first-order chi connectivity index (χ1) is 13.8. The topological polar surface area (TPSA) is 112 Å². The van der Waals surface area contributed by atoms with Crippen molar-refractivity contribution in [3.63, 3.8) is 0 Å². The summed E-state index contributed by atoms with van der Waals surface area (Å²) < 4.78 is 14.8. The highest BCUT2D eigenvalue weighted by Gasteiger charge is 2.22. The third-order valence-electron chi connectivity index (χ3n) is 5.43. The van der Waals surface area contributed by atoms with E-state index in [1.807, 2.05) is 19.1 Å². The molecule has 0 amide bonds. The van der Waals surface area contributed by atoms with Crippen LogP contribution in [-0.4, -0.2) is 26.7 Å². The minimum absolute atomic E-state index is 0.0348. The van der Waals surface area contributed by atoms with E-state index >= 15 is 0 Å². The Kier molecular flexibility index (Phi) is 4.47. The van der Waals surface area contributed by atoms with Crippen LogP contribution >= 0.6 is 0 Å². The normalized spacial score (nSPS) is 12.6. The number of H-pyrrole nitrogens is 1. The smallest absolute Gasteiger partial charge is 0.260 e. The van der Waals surface area contributed by atoms with Gasteiger partial charge in [0, 0.05) is 28.1 Å². The number of hydrogen-bond donors (Lipinski definition) is 4. The van der Waals surface area contributed by atoms with Gasteiger partial charge in [0.15, 0.2) is 11.6 Å². The number of nitrogens with two attached hydrogens (primary N) is 1. The summed E-state index contributed by atoms with van der Waals surface area (Å²) in [5, 5.41) is 21.6. The van der Waals surface area contributed by atoms with Crippen LogP contribution in [0.5, 0.6) is 11.5 Å². The highest BCUT2D eigenvalue weighted by Crippen LogP contribution is 2.43. The van der Waals surface area contributed by atoms with Gasteiger partial charge in [-0.05, 0) is 30.5 Å². The minimum Gasteiger partial charge on any atom is -0.505 e. The summed E-state index contributed by atoms with van der Waals surface area (Å²) in [5.74, 6) is -1.46. The Balaban J connectivity index is 2.16. The first-order valence-electron chi connectivity index (χ1n) is 9.19. The summed E-state index contributed by atoms with van der Waals surface area (Å²) in [6.45, 7) is 3.97. The van der Waals surface area contributed by atoms with Crippen molar-refractivity contribution < 1.29 is 14.6 Å². The van der Waals surface area contributed by atoms with Crippen molar-refractivity contribution in [3.05, 3.63) is 64.0 Å². The highest BCUT2D eigenvalue weighted by atomic mass is 19.1. The Bertz CT molecular complexity index is 1310. The van der Waals surface area contributed by atoms with E-state index in [0.29, 0.717) is 22.9 Å². The molecule has 6 nitrogen and oxygen atoms in total. The third-order valence-corrected chi connectivity index (χ3v) is 5.43. The van der Waals surface area contributed by atoms with Gasteiger partial charge in [-0.15, -0.1) is 0 Å². The first kappa shape index (κ1) is 18.9. The van der Waals surface area contributed by atoms with Crippen molar-refractivity contribution in [1.29, 1.82) is 0 Å². The number of phenolic OH excluding ortho intramolecular Hbond substituents is 1. The molecule has 1 unspecified atom stereocenters. The minimum atomic E-state index is -0.810. The van der Waals surface area contributed by atoms with Crippen molar-refractivity contribution >= 4 is 21.7 Å². The zero-order valence-corrected chi connectivity index (χ0v) is 16.0. The Labute approximate surface area is 165 Å². The molecule has 0 aliphatic carbocycles. The molecule has 4 rings (SSSR count). The fourth-order valence-corrected chi connectivity index (χ4v) is 3.70. The molecule has 2 aromatic heterocycles. The summed E-state index contributed by atoms with van der Waals surface area (Å²) in [7, 11) is 0. The van der Waals surface area contributed by atoms with Gasteiger partial charge < -0.3 is 20.9 Å². The molecule has 7 heteroatoms. The molecule has 148 valence electrons. The lowest BCUT2D eigenvalue weighted by Gasteiger charge is -2.16. The second-order valence-electron chi connectivity index (χ2n) is 7.21. The van der Waals surface area contributed by atoms with E-state index in [2.05, 4.69) is 9.97 Å². The van der Waals surface area contributed by atoms with Gasteiger partial charge in [-0.3, -0.25) is 9.78 Å². The van der Waals surface area contributed by atoms with Crippen molar-refractivity contribution in [1.82, 2.24) is 9.97 Å². The Hall–Kier alpha value is -3.45. The summed E-state index contributed by atoms with van der Waals surface area (Å²) in [6, 6.07) is 7.30. The van der Waals surface area contributed by atoms with E-state index in [0.717, 1.165) is 5.56 Å². The first-order valence-corrected chi connectivity index (χ1v) is 9.19. The molecule has 29 heavy (non-hydrogen) atoms. The van der Waals surface area contributed by atoms with Crippen LogP contribution in [0.2, 0.25) is 0 Å². The van der Waals surface area contributed by atoms with Gasteiger partial charge in [0.2, 0.25) is 0 Å². The predicted octanol–water partition coefficient (Wildman–Crippen LogP) is 3.66. The number of aromatic hydroxyl groups is 2.